The predicted octanol–water partition coefficient (Wildman–Crippen LogP) is 3.51. The van der Waals surface area contributed by atoms with Gasteiger partial charge in [-0.25, -0.2) is 0 Å². The highest BCUT2D eigenvalue weighted by Crippen LogP contribution is 2.32. The van der Waals surface area contributed by atoms with Crippen molar-refractivity contribution >= 4 is 38.4 Å². The fraction of sp³-hybridized carbons (Fsp3) is 0.211. The Hall–Kier alpha value is -2.71. The number of aromatic nitrogens is 1. The lowest BCUT2D eigenvalue weighted by Gasteiger charge is -2.35. The van der Waals surface area contributed by atoms with Crippen molar-refractivity contribution < 1.29 is 9.72 Å². The summed E-state index contributed by atoms with van der Waals surface area (Å²) in [6.07, 6.45) is 1.79. The monoisotopic (exact) mass is 428 g/mol. The number of aromatic amines is 1. The summed E-state index contributed by atoms with van der Waals surface area (Å²) in [5.74, 6) is -0.0575. The molecule has 1 aliphatic heterocycles. The number of piperazine rings is 1. The maximum Gasteiger partial charge on any atom is 0.279 e. The highest BCUT2D eigenvalue weighted by Gasteiger charge is 2.32. The Morgan fingerprint density at radius 1 is 1.22 bits per heavy atom. The zero-order chi connectivity index (χ0) is 19.0. The van der Waals surface area contributed by atoms with E-state index in [1.54, 1.807) is 12.3 Å². The van der Waals surface area contributed by atoms with Crippen LogP contribution in [0.25, 0.3) is 10.9 Å². The lowest BCUT2D eigenvalue weighted by Crippen LogP contribution is -2.49. The van der Waals surface area contributed by atoms with Gasteiger partial charge in [-0.3, -0.25) is 19.8 Å². The first-order chi connectivity index (χ1) is 13.0. The molecule has 4 rings (SSSR count). The zero-order valence-corrected chi connectivity index (χ0v) is 15.9. The number of amides is 1. The molecule has 1 aromatic heterocycles. The first kappa shape index (κ1) is 17.7. The highest BCUT2D eigenvalue weighted by atomic mass is 79.9. The quantitative estimate of drug-likeness (QED) is 0.491. The summed E-state index contributed by atoms with van der Waals surface area (Å²) in [5.41, 5.74) is 2.50. The zero-order valence-electron chi connectivity index (χ0n) is 14.3. The molecule has 1 fully saturated rings. The van der Waals surface area contributed by atoms with Crippen LogP contribution in [0, 0.1) is 10.1 Å². The standard InChI is InChI=1S/C19H17BrN4O3/c20-14-6-4-12(5-7-14)18-19(25)21-8-9-23(18)11-13-10-22-15-2-1-3-16(17(13)15)24(26)27/h1-7,10,18,22H,8-9,11H2,(H,21,25). The predicted molar refractivity (Wildman–Crippen MR) is 105 cm³/mol. The number of fused-ring (bicyclic) bond motifs is 1. The van der Waals surface area contributed by atoms with E-state index in [0.717, 1.165) is 21.1 Å². The Morgan fingerprint density at radius 2 is 2.00 bits per heavy atom. The van der Waals surface area contributed by atoms with Crippen LogP contribution in [0.1, 0.15) is 17.2 Å². The summed E-state index contributed by atoms with van der Waals surface area (Å²) < 4.78 is 0.946. The van der Waals surface area contributed by atoms with E-state index in [-0.39, 0.29) is 16.5 Å². The van der Waals surface area contributed by atoms with Crippen LogP contribution in [0.5, 0.6) is 0 Å². The third kappa shape index (κ3) is 3.33. The van der Waals surface area contributed by atoms with E-state index in [4.69, 9.17) is 0 Å². The summed E-state index contributed by atoms with van der Waals surface area (Å²) in [6, 6.07) is 12.2. The number of nitro groups is 1. The number of carbonyl (C=O) groups excluding carboxylic acids is 1. The van der Waals surface area contributed by atoms with Crippen LogP contribution < -0.4 is 5.32 Å². The van der Waals surface area contributed by atoms with E-state index >= 15 is 0 Å². The molecule has 0 bridgehead atoms. The van der Waals surface area contributed by atoms with E-state index < -0.39 is 6.04 Å². The van der Waals surface area contributed by atoms with Crippen LogP contribution >= 0.6 is 15.9 Å². The molecule has 0 saturated carbocycles. The Bertz CT molecular complexity index is 1020. The summed E-state index contributed by atoms with van der Waals surface area (Å²) in [6.45, 7) is 1.66. The smallest absolute Gasteiger partial charge is 0.279 e. The van der Waals surface area contributed by atoms with Crippen molar-refractivity contribution in [2.24, 2.45) is 0 Å². The maximum absolute atomic E-state index is 12.6. The molecule has 1 unspecified atom stereocenters. The van der Waals surface area contributed by atoms with Gasteiger partial charge in [0, 0.05) is 36.4 Å². The first-order valence-electron chi connectivity index (χ1n) is 8.55. The minimum atomic E-state index is -0.431. The van der Waals surface area contributed by atoms with Crippen molar-refractivity contribution in [3.63, 3.8) is 0 Å². The number of nitro benzene ring substituents is 1. The molecule has 7 nitrogen and oxygen atoms in total. The lowest BCUT2D eigenvalue weighted by atomic mass is 10.0. The van der Waals surface area contributed by atoms with Crippen molar-refractivity contribution in [2.75, 3.05) is 13.1 Å². The van der Waals surface area contributed by atoms with Gasteiger partial charge in [0.05, 0.1) is 15.8 Å². The SMILES string of the molecule is O=C1NCCN(Cc2c[nH]c3cccc([N+](=O)[O-])c23)C1c1ccc(Br)cc1. The van der Waals surface area contributed by atoms with Gasteiger partial charge in [0.25, 0.3) is 5.69 Å². The number of halogens is 1. The normalized spacial score (nSPS) is 17.8. The highest BCUT2D eigenvalue weighted by molar-refractivity contribution is 9.10. The van der Waals surface area contributed by atoms with E-state index in [1.165, 1.54) is 6.07 Å². The van der Waals surface area contributed by atoms with Gasteiger partial charge < -0.3 is 10.3 Å². The van der Waals surface area contributed by atoms with E-state index in [0.29, 0.717) is 25.0 Å². The molecule has 8 heteroatoms. The van der Waals surface area contributed by atoms with Crippen LogP contribution in [0.4, 0.5) is 5.69 Å². The number of rotatable bonds is 4. The molecule has 1 saturated heterocycles. The fourth-order valence-corrected chi connectivity index (χ4v) is 3.89. The van der Waals surface area contributed by atoms with Crippen LogP contribution in [0.2, 0.25) is 0 Å². The second kappa shape index (κ2) is 7.13. The van der Waals surface area contributed by atoms with Crippen LogP contribution in [-0.2, 0) is 11.3 Å². The van der Waals surface area contributed by atoms with Crippen LogP contribution in [0.15, 0.2) is 53.1 Å². The van der Waals surface area contributed by atoms with Crippen LogP contribution in [-0.4, -0.2) is 33.8 Å². The Kier molecular flexibility index (Phi) is 4.67. The molecular formula is C19H17BrN4O3. The second-order valence-corrected chi connectivity index (χ2v) is 7.40. The summed E-state index contributed by atoms with van der Waals surface area (Å²) in [4.78, 5) is 28.8. The molecule has 2 aromatic carbocycles. The van der Waals surface area contributed by atoms with Crippen molar-refractivity contribution in [1.82, 2.24) is 15.2 Å². The molecule has 3 aromatic rings. The average Bonchev–Trinajstić information content (AvgIpc) is 3.06. The summed E-state index contributed by atoms with van der Waals surface area (Å²) in [7, 11) is 0. The van der Waals surface area contributed by atoms with E-state index in [2.05, 4.69) is 31.1 Å². The van der Waals surface area contributed by atoms with Crippen molar-refractivity contribution in [3.8, 4) is 0 Å². The number of carbonyl (C=O) groups is 1. The molecule has 0 aliphatic carbocycles. The molecule has 0 spiro atoms. The number of hydrogen-bond donors (Lipinski definition) is 2. The van der Waals surface area contributed by atoms with Gasteiger partial charge in [-0.15, -0.1) is 0 Å². The lowest BCUT2D eigenvalue weighted by molar-refractivity contribution is -0.383. The number of nitrogens with zero attached hydrogens (tertiary/aromatic N) is 2. The van der Waals surface area contributed by atoms with Crippen LogP contribution in [0.3, 0.4) is 0 Å². The van der Waals surface area contributed by atoms with Gasteiger partial charge in [-0.1, -0.05) is 34.1 Å². The Labute approximate surface area is 163 Å². The molecule has 27 heavy (non-hydrogen) atoms. The molecule has 1 atom stereocenters. The molecule has 1 aliphatic rings. The largest absolute Gasteiger partial charge is 0.361 e. The molecule has 138 valence electrons. The number of nitrogens with one attached hydrogen (secondary N) is 2. The van der Waals surface area contributed by atoms with Gasteiger partial charge >= 0.3 is 0 Å². The third-order valence-corrected chi connectivity index (χ3v) is 5.36. The Morgan fingerprint density at radius 3 is 2.74 bits per heavy atom. The Balaban J connectivity index is 1.72. The van der Waals surface area contributed by atoms with Crippen molar-refractivity contribution in [1.29, 1.82) is 0 Å². The van der Waals surface area contributed by atoms with E-state index in [1.807, 2.05) is 30.3 Å². The molecule has 0 radical (unpaired) electrons. The molecule has 2 heterocycles. The first-order valence-corrected chi connectivity index (χ1v) is 9.34. The number of H-pyrrole nitrogens is 1. The minimum Gasteiger partial charge on any atom is -0.361 e. The summed E-state index contributed by atoms with van der Waals surface area (Å²) in [5, 5.41) is 14.9. The maximum atomic E-state index is 12.6. The van der Waals surface area contributed by atoms with Crippen molar-refractivity contribution in [2.45, 2.75) is 12.6 Å². The van der Waals surface area contributed by atoms with E-state index in [9.17, 15) is 14.9 Å². The minimum absolute atomic E-state index is 0.0575. The molecular weight excluding hydrogens is 412 g/mol. The fourth-order valence-electron chi connectivity index (χ4n) is 3.62. The summed E-state index contributed by atoms with van der Waals surface area (Å²) >= 11 is 3.41. The third-order valence-electron chi connectivity index (χ3n) is 4.83. The number of benzene rings is 2. The molecule has 2 N–H and O–H groups in total. The van der Waals surface area contributed by atoms with Gasteiger partial charge in [0.2, 0.25) is 5.91 Å². The van der Waals surface area contributed by atoms with Crippen molar-refractivity contribution in [3.05, 3.63) is 74.4 Å². The van der Waals surface area contributed by atoms with Gasteiger partial charge in [-0.05, 0) is 29.3 Å². The average molecular weight is 429 g/mol. The molecule has 1 amide bonds. The van der Waals surface area contributed by atoms with Gasteiger partial charge in [-0.2, -0.15) is 0 Å². The van der Waals surface area contributed by atoms with Gasteiger partial charge in [0.15, 0.2) is 0 Å². The number of hydrogen-bond acceptors (Lipinski definition) is 4. The number of non-ortho nitro benzene ring substituents is 1. The topological polar surface area (TPSA) is 91.3 Å². The second-order valence-electron chi connectivity index (χ2n) is 6.49. The van der Waals surface area contributed by atoms with Gasteiger partial charge in [0.1, 0.15) is 6.04 Å².